The van der Waals surface area contributed by atoms with E-state index >= 15 is 0 Å². The Balaban J connectivity index is 4.38. The first-order valence-corrected chi connectivity index (χ1v) is 5.81. The maximum absolute atomic E-state index is 9.86. The Hall–Kier alpha value is -0.0400. The molecule has 0 aromatic heterocycles. The van der Waals surface area contributed by atoms with Crippen LogP contribution in [0.5, 0.6) is 0 Å². The molecule has 1 N–H and O–H groups in total. The average Bonchev–Trinajstić information content (AvgIpc) is 2.05. The van der Waals surface area contributed by atoms with E-state index in [2.05, 4.69) is 20.8 Å². The van der Waals surface area contributed by atoms with E-state index in [4.69, 9.17) is 0 Å². The Morgan fingerprint density at radius 1 is 0.923 bits per heavy atom. The summed E-state index contributed by atoms with van der Waals surface area (Å²) in [5.41, 5.74) is 0.207. The van der Waals surface area contributed by atoms with Gasteiger partial charge in [0.25, 0.3) is 0 Å². The summed E-state index contributed by atoms with van der Waals surface area (Å²) >= 11 is 0. The van der Waals surface area contributed by atoms with Gasteiger partial charge in [-0.2, -0.15) is 0 Å². The highest BCUT2D eigenvalue weighted by Gasteiger charge is 2.32. The molecule has 80 valence electrons. The summed E-state index contributed by atoms with van der Waals surface area (Å²) in [6, 6.07) is 0. The van der Waals surface area contributed by atoms with E-state index < -0.39 is 0 Å². The molecular weight excluding hydrogens is 160 g/mol. The summed E-state index contributed by atoms with van der Waals surface area (Å²) in [5, 5.41) is 9.86. The highest BCUT2D eigenvalue weighted by molar-refractivity contribution is 4.83. The topological polar surface area (TPSA) is 20.2 Å². The third kappa shape index (κ3) is 3.68. The van der Waals surface area contributed by atoms with Crippen LogP contribution >= 0.6 is 0 Å². The van der Waals surface area contributed by atoms with E-state index in [-0.39, 0.29) is 11.5 Å². The van der Waals surface area contributed by atoms with Crippen LogP contribution in [0.25, 0.3) is 0 Å². The van der Waals surface area contributed by atoms with Crippen molar-refractivity contribution in [2.75, 3.05) is 0 Å². The van der Waals surface area contributed by atoms with Crippen molar-refractivity contribution in [2.24, 2.45) is 5.41 Å². The average molecular weight is 186 g/mol. The second kappa shape index (κ2) is 6.42. The zero-order valence-corrected chi connectivity index (χ0v) is 9.77. The fourth-order valence-corrected chi connectivity index (χ4v) is 2.50. The number of aliphatic hydroxyl groups excluding tert-OH is 1. The summed E-state index contributed by atoms with van der Waals surface area (Å²) in [6.45, 7) is 8.59. The van der Waals surface area contributed by atoms with Crippen molar-refractivity contribution in [1.29, 1.82) is 0 Å². The van der Waals surface area contributed by atoms with Gasteiger partial charge in [0.2, 0.25) is 0 Å². The molecule has 0 bridgehead atoms. The molecule has 0 amide bonds. The Labute approximate surface area is 83.5 Å². The van der Waals surface area contributed by atoms with Gasteiger partial charge in [-0.1, -0.05) is 40.0 Å². The lowest BCUT2D eigenvalue weighted by atomic mass is 9.72. The Morgan fingerprint density at radius 3 is 1.38 bits per heavy atom. The van der Waals surface area contributed by atoms with Gasteiger partial charge in [0, 0.05) is 0 Å². The molecule has 0 radical (unpaired) electrons. The number of hydrogen-bond acceptors (Lipinski definition) is 1. The van der Waals surface area contributed by atoms with Gasteiger partial charge in [-0.05, 0) is 31.6 Å². The zero-order chi connectivity index (χ0) is 10.3. The second-order valence-electron chi connectivity index (χ2n) is 4.29. The molecule has 1 nitrogen and oxygen atoms in total. The molecular formula is C12H26O. The van der Waals surface area contributed by atoms with Crippen LogP contribution in [0.2, 0.25) is 0 Å². The molecule has 1 heteroatoms. The molecule has 0 aromatic rings. The van der Waals surface area contributed by atoms with Crippen molar-refractivity contribution in [3.63, 3.8) is 0 Å². The molecule has 0 fully saturated rings. The lowest BCUT2D eigenvalue weighted by Crippen LogP contribution is -2.32. The molecule has 0 aliphatic heterocycles. The van der Waals surface area contributed by atoms with E-state index in [0.29, 0.717) is 0 Å². The van der Waals surface area contributed by atoms with E-state index in [1.54, 1.807) is 0 Å². The molecule has 0 spiro atoms. The lowest BCUT2D eigenvalue weighted by Gasteiger charge is -2.36. The Bertz CT molecular complexity index is 101. The minimum Gasteiger partial charge on any atom is -0.393 e. The third-order valence-corrected chi connectivity index (χ3v) is 3.13. The summed E-state index contributed by atoms with van der Waals surface area (Å²) < 4.78 is 0. The van der Waals surface area contributed by atoms with Gasteiger partial charge in [-0.15, -0.1) is 0 Å². The predicted octanol–water partition coefficient (Wildman–Crippen LogP) is 3.75. The van der Waals surface area contributed by atoms with Crippen molar-refractivity contribution in [3.8, 4) is 0 Å². The van der Waals surface area contributed by atoms with E-state index in [1.165, 1.54) is 38.5 Å². The van der Waals surface area contributed by atoms with Crippen LogP contribution in [0, 0.1) is 5.41 Å². The van der Waals surface area contributed by atoms with Crippen molar-refractivity contribution < 1.29 is 5.11 Å². The number of rotatable bonds is 7. The van der Waals surface area contributed by atoms with Crippen LogP contribution in [0.15, 0.2) is 0 Å². The molecule has 1 atom stereocenters. The normalized spacial score (nSPS) is 14.5. The maximum Gasteiger partial charge on any atom is 0.0568 e. The SMILES string of the molecule is CCCC(CCC)(CCC)C(C)O. The molecule has 0 heterocycles. The number of hydrogen-bond donors (Lipinski definition) is 1. The van der Waals surface area contributed by atoms with Crippen LogP contribution in [-0.2, 0) is 0 Å². The minimum absolute atomic E-state index is 0.146. The fourth-order valence-electron chi connectivity index (χ4n) is 2.50. The smallest absolute Gasteiger partial charge is 0.0568 e. The summed E-state index contributed by atoms with van der Waals surface area (Å²) in [4.78, 5) is 0. The molecule has 0 aliphatic rings. The summed E-state index contributed by atoms with van der Waals surface area (Å²) in [7, 11) is 0. The highest BCUT2D eigenvalue weighted by atomic mass is 16.3. The first-order valence-electron chi connectivity index (χ1n) is 5.81. The maximum atomic E-state index is 9.86. The van der Waals surface area contributed by atoms with Crippen molar-refractivity contribution in [2.45, 2.75) is 72.3 Å². The predicted molar refractivity (Wildman–Crippen MR) is 58.8 cm³/mol. The van der Waals surface area contributed by atoms with Crippen molar-refractivity contribution in [1.82, 2.24) is 0 Å². The molecule has 0 saturated carbocycles. The second-order valence-corrected chi connectivity index (χ2v) is 4.29. The number of aliphatic hydroxyl groups is 1. The van der Waals surface area contributed by atoms with Gasteiger partial charge in [-0.25, -0.2) is 0 Å². The van der Waals surface area contributed by atoms with Crippen LogP contribution in [0.4, 0.5) is 0 Å². The molecule has 0 aromatic carbocycles. The van der Waals surface area contributed by atoms with Crippen molar-refractivity contribution >= 4 is 0 Å². The van der Waals surface area contributed by atoms with Crippen LogP contribution in [0.3, 0.4) is 0 Å². The van der Waals surface area contributed by atoms with Gasteiger partial charge >= 0.3 is 0 Å². The Kier molecular flexibility index (Phi) is 6.40. The molecule has 0 aliphatic carbocycles. The first kappa shape index (κ1) is 13.0. The van der Waals surface area contributed by atoms with Gasteiger partial charge in [0.1, 0.15) is 0 Å². The Morgan fingerprint density at radius 2 is 1.23 bits per heavy atom. The fraction of sp³-hybridized carbons (Fsp3) is 1.00. The highest BCUT2D eigenvalue weighted by Crippen LogP contribution is 2.38. The summed E-state index contributed by atoms with van der Waals surface area (Å²) in [6.07, 6.45) is 6.93. The minimum atomic E-state index is -0.146. The van der Waals surface area contributed by atoms with Crippen LogP contribution < -0.4 is 0 Å². The molecule has 0 saturated heterocycles. The quantitative estimate of drug-likeness (QED) is 0.642. The van der Waals surface area contributed by atoms with Gasteiger partial charge in [0.15, 0.2) is 0 Å². The third-order valence-electron chi connectivity index (χ3n) is 3.13. The van der Waals surface area contributed by atoms with Crippen molar-refractivity contribution in [3.05, 3.63) is 0 Å². The van der Waals surface area contributed by atoms with Crippen LogP contribution in [-0.4, -0.2) is 11.2 Å². The first-order chi connectivity index (χ1) is 6.13. The summed E-state index contributed by atoms with van der Waals surface area (Å²) in [5.74, 6) is 0. The van der Waals surface area contributed by atoms with Gasteiger partial charge in [0.05, 0.1) is 6.10 Å². The zero-order valence-electron chi connectivity index (χ0n) is 9.77. The largest absolute Gasteiger partial charge is 0.393 e. The monoisotopic (exact) mass is 186 g/mol. The van der Waals surface area contributed by atoms with E-state index in [9.17, 15) is 5.11 Å². The molecule has 13 heavy (non-hydrogen) atoms. The van der Waals surface area contributed by atoms with Gasteiger partial charge in [-0.3, -0.25) is 0 Å². The molecule has 0 rings (SSSR count). The van der Waals surface area contributed by atoms with E-state index in [0.717, 1.165) is 0 Å². The van der Waals surface area contributed by atoms with Crippen LogP contribution in [0.1, 0.15) is 66.2 Å². The molecule has 1 unspecified atom stereocenters. The van der Waals surface area contributed by atoms with E-state index in [1.807, 2.05) is 6.92 Å². The lowest BCUT2D eigenvalue weighted by molar-refractivity contribution is 0.0152. The van der Waals surface area contributed by atoms with Gasteiger partial charge < -0.3 is 5.11 Å². The standard InChI is InChI=1S/C12H26O/c1-5-8-12(9-6-2,10-7-3)11(4)13/h11,13H,5-10H2,1-4H3.